The molecule has 0 spiro atoms. The molecule has 2 aliphatic rings. The Bertz CT molecular complexity index is 1210. The Balaban J connectivity index is 1.39. The SMILES string of the molecule is CN(c1ncnc2c1ncn2[C@H]1CC[C@@H](COS(N)(=O)=O)O1)[C@H]1CCc2ccccc21. The molecule has 2 N–H and O–H groups in total. The van der Waals surface area contributed by atoms with E-state index in [2.05, 4.69) is 48.3 Å². The van der Waals surface area contributed by atoms with Crippen LogP contribution in [0.15, 0.2) is 36.9 Å². The van der Waals surface area contributed by atoms with Gasteiger partial charge in [0, 0.05) is 7.05 Å². The van der Waals surface area contributed by atoms with Gasteiger partial charge in [-0.3, -0.25) is 8.75 Å². The number of nitrogens with two attached hydrogens (primary N) is 1. The van der Waals surface area contributed by atoms with Gasteiger partial charge in [0.1, 0.15) is 12.6 Å². The van der Waals surface area contributed by atoms with Gasteiger partial charge in [0.2, 0.25) is 0 Å². The smallest absolute Gasteiger partial charge is 0.333 e. The first-order valence-electron chi connectivity index (χ1n) is 10.2. The number of aryl methyl sites for hydroxylation is 1. The molecule has 0 saturated carbocycles. The Kier molecular flexibility index (Phi) is 5.13. The van der Waals surface area contributed by atoms with E-state index in [0.717, 1.165) is 18.7 Å². The molecule has 0 amide bonds. The lowest BCUT2D eigenvalue weighted by Crippen LogP contribution is -2.24. The van der Waals surface area contributed by atoms with Crippen molar-refractivity contribution in [2.75, 3.05) is 18.6 Å². The molecule has 0 radical (unpaired) electrons. The highest BCUT2D eigenvalue weighted by molar-refractivity contribution is 7.84. The number of hydrogen-bond acceptors (Lipinski definition) is 8. The van der Waals surface area contributed by atoms with Crippen molar-refractivity contribution in [3.05, 3.63) is 48.0 Å². The van der Waals surface area contributed by atoms with Crippen LogP contribution in [0.5, 0.6) is 0 Å². The maximum atomic E-state index is 11.0. The fourth-order valence-corrected chi connectivity index (χ4v) is 4.92. The molecule has 3 aromatic rings. The third-order valence-corrected chi connectivity index (χ3v) is 6.52. The summed E-state index contributed by atoms with van der Waals surface area (Å²) in [5.74, 6) is 0.776. The number of rotatable bonds is 6. The van der Waals surface area contributed by atoms with Gasteiger partial charge in [-0.25, -0.2) is 20.1 Å². The second-order valence-electron chi connectivity index (χ2n) is 7.95. The molecule has 10 nitrogen and oxygen atoms in total. The van der Waals surface area contributed by atoms with Gasteiger partial charge in [-0.15, -0.1) is 0 Å². The van der Waals surface area contributed by atoms with Gasteiger partial charge in [-0.1, -0.05) is 24.3 Å². The van der Waals surface area contributed by atoms with Gasteiger partial charge >= 0.3 is 10.3 Å². The first kappa shape index (κ1) is 20.3. The predicted molar refractivity (Wildman–Crippen MR) is 113 cm³/mol. The Hall–Kier alpha value is -2.60. The predicted octanol–water partition coefficient (Wildman–Crippen LogP) is 1.85. The molecule has 1 saturated heterocycles. The van der Waals surface area contributed by atoms with Crippen molar-refractivity contribution in [1.82, 2.24) is 19.5 Å². The zero-order chi connectivity index (χ0) is 21.6. The lowest BCUT2D eigenvalue weighted by molar-refractivity contribution is -0.0149. The van der Waals surface area contributed by atoms with Crippen LogP contribution in [0.2, 0.25) is 0 Å². The molecule has 31 heavy (non-hydrogen) atoms. The van der Waals surface area contributed by atoms with Gasteiger partial charge in [0.25, 0.3) is 0 Å². The van der Waals surface area contributed by atoms with Crippen LogP contribution in [0.3, 0.4) is 0 Å². The number of hydrogen-bond donors (Lipinski definition) is 1. The van der Waals surface area contributed by atoms with Gasteiger partial charge in [-0.2, -0.15) is 8.42 Å². The molecule has 11 heteroatoms. The van der Waals surface area contributed by atoms with Crippen molar-refractivity contribution < 1.29 is 17.3 Å². The fourth-order valence-electron chi connectivity index (χ4n) is 4.58. The summed E-state index contributed by atoms with van der Waals surface area (Å²) in [6.07, 6.45) is 5.99. The summed E-state index contributed by atoms with van der Waals surface area (Å²) in [7, 11) is -1.95. The van der Waals surface area contributed by atoms with E-state index in [-0.39, 0.29) is 25.0 Å². The highest BCUT2D eigenvalue weighted by Gasteiger charge is 2.31. The summed E-state index contributed by atoms with van der Waals surface area (Å²) in [6.45, 7) is -0.105. The molecule has 164 valence electrons. The van der Waals surface area contributed by atoms with E-state index in [1.54, 1.807) is 12.7 Å². The minimum Gasteiger partial charge on any atom is -0.352 e. The molecule has 1 aliphatic carbocycles. The molecule has 0 unspecified atom stereocenters. The Labute approximate surface area is 180 Å². The van der Waals surface area contributed by atoms with Crippen molar-refractivity contribution in [2.24, 2.45) is 5.14 Å². The van der Waals surface area contributed by atoms with E-state index in [0.29, 0.717) is 24.0 Å². The molecular weight excluding hydrogens is 420 g/mol. The summed E-state index contributed by atoms with van der Waals surface area (Å²) in [5.41, 5.74) is 4.10. The number of ether oxygens (including phenoxy) is 1. The van der Waals surface area contributed by atoms with Crippen LogP contribution in [0.4, 0.5) is 5.82 Å². The summed E-state index contributed by atoms with van der Waals surface area (Å²) in [4.78, 5) is 15.7. The third-order valence-electron chi connectivity index (χ3n) is 6.06. The standard InChI is InChI=1S/C20H24N6O4S/c1-25(16-8-6-13-4-2-3-5-15(13)16)19-18-20(23-11-22-19)26(12-24-18)17-9-7-14(30-17)10-29-31(21,27)28/h2-5,11-12,14,16-17H,6-10H2,1H3,(H2,21,27,28)/t14-,16-,17+/m0/s1. The average Bonchev–Trinajstić information content (AvgIpc) is 3.48. The minimum absolute atomic E-state index is 0.105. The quantitative estimate of drug-likeness (QED) is 0.611. The zero-order valence-corrected chi connectivity index (χ0v) is 17.9. The molecule has 3 heterocycles. The highest BCUT2D eigenvalue weighted by atomic mass is 32.2. The Morgan fingerprint density at radius 2 is 2.06 bits per heavy atom. The molecule has 2 aromatic heterocycles. The van der Waals surface area contributed by atoms with Crippen molar-refractivity contribution in [2.45, 2.75) is 44.1 Å². The number of fused-ring (bicyclic) bond motifs is 2. The average molecular weight is 445 g/mol. The minimum atomic E-state index is -3.99. The van der Waals surface area contributed by atoms with Crippen molar-refractivity contribution >= 4 is 27.3 Å². The third kappa shape index (κ3) is 3.89. The van der Waals surface area contributed by atoms with Crippen LogP contribution in [-0.4, -0.2) is 47.7 Å². The molecule has 5 rings (SSSR count). The van der Waals surface area contributed by atoms with Crippen LogP contribution in [0.1, 0.15) is 42.7 Å². The monoisotopic (exact) mass is 444 g/mol. The van der Waals surface area contributed by atoms with E-state index in [1.165, 1.54) is 11.1 Å². The molecular formula is C20H24N6O4S. The number of imidazole rings is 1. The largest absolute Gasteiger partial charge is 0.352 e. The van der Waals surface area contributed by atoms with E-state index in [9.17, 15) is 8.42 Å². The summed E-state index contributed by atoms with van der Waals surface area (Å²) in [5, 5.41) is 4.90. The zero-order valence-electron chi connectivity index (χ0n) is 17.1. The maximum absolute atomic E-state index is 11.0. The normalized spacial score (nSPS) is 23.4. The van der Waals surface area contributed by atoms with Crippen LogP contribution < -0.4 is 10.0 Å². The van der Waals surface area contributed by atoms with E-state index >= 15 is 0 Å². The molecule has 0 bridgehead atoms. The van der Waals surface area contributed by atoms with Gasteiger partial charge in [-0.05, 0) is 36.8 Å². The number of anilines is 1. The maximum Gasteiger partial charge on any atom is 0.333 e. The highest BCUT2D eigenvalue weighted by Crippen LogP contribution is 2.39. The van der Waals surface area contributed by atoms with Crippen molar-refractivity contribution in [1.29, 1.82) is 0 Å². The number of benzene rings is 1. The summed E-state index contributed by atoms with van der Waals surface area (Å²) < 4.78 is 34.5. The Morgan fingerprint density at radius 3 is 2.90 bits per heavy atom. The van der Waals surface area contributed by atoms with Crippen LogP contribution >= 0.6 is 0 Å². The van der Waals surface area contributed by atoms with Gasteiger partial charge in [0.05, 0.1) is 25.1 Å². The topological polar surface area (TPSA) is 125 Å². The first-order valence-corrected chi connectivity index (χ1v) is 11.7. The van der Waals surface area contributed by atoms with E-state index in [4.69, 9.17) is 9.88 Å². The molecule has 1 aliphatic heterocycles. The first-order chi connectivity index (χ1) is 14.9. The van der Waals surface area contributed by atoms with Crippen molar-refractivity contribution in [3.8, 4) is 0 Å². The number of aromatic nitrogens is 4. The van der Waals surface area contributed by atoms with Crippen molar-refractivity contribution in [3.63, 3.8) is 0 Å². The van der Waals surface area contributed by atoms with Crippen LogP contribution in [0, 0.1) is 0 Å². The van der Waals surface area contributed by atoms with Gasteiger partial charge < -0.3 is 9.64 Å². The van der Waals surface area contributed by atoms with E-state index < -0.39 is 10.3 Å². The van der Waals surface area contributed by atoms with Crippen LogP contribution in [0.25, 0.3) is 11.2 Å². The lowest BCUT2D eigenvalue weighted by Gasteiger charge is -2.26. The fraction of sp³-hybridized carbons (Fsp3) is 0.450. The van der Waals surface area contributed by atoms with Crippen LogP contribution in [-0.2, 0) is 25.6 Å². The molecule has 1 fully saturated rings. The molecule has 1 aromatic carbocycles. The second-order valence-corrected chi connectivity index (χ2v) is 9.17. The number of nitrogens with zero attached hydrogens (tertiary/aromatic N) is 5. The lowest BCUT2D eigenvalue weighted by atomic mass is 10.1. The molecule has 3 atom stereocenters. The Morgan fingerprint density at radius 1 is 1.23 bits per heavy atom. The summed E-state index contributed by atoms with van der Waals surface area (Å²) in [6, 6.07) is 8.75. The van der Waals surface area contributed by atoms with Gasteiger partial charge in [0.15, 0.2) is 17.0 Å². The second kappa shape index (κ2) is 7.83. The van der Waals surface area contributed by atoms with E-state index in [1.807, 2.05) is 11.6 Å². The summed E-state index contributed by atoms with van der Waals surface area (Å²) >= 11 is 0.